The van der Waals surface area contributed by atoms with Crippen LogP contribution in [0.4, 0.5) is 5.69 Å². The Balaban J connectivity index is 1.78. The molecule has 0 saturated heterocycles. The van der Waals surface area contributed by atoms with E-state index in [4.69, 9.17) is 4.74 Å². The van der Waals surface area contributed by atoms with E-state index in [0.29, 0.717) is 40.4 Å². The average molecular weight is 444 g/mol. The number of hydrogen-bond acceptors (Lipinski definition) is 5. The minimum atomic E-state index is -0.627. The van der Waals surface area contributed by atoms with Crippen LogP contribution in [0, 0.1) is 13.8 Å². The lowest BCUT2D eigenvalue weighted by Crippen LogP contribution is -2.42. The van der Waals surface area contributed by atoms with Crippen LogP contribution >= 0.6 is 0 Å². The normalized spacial score (nSPS) is 10.9. The van der Waals surface area contributed by atoms with E-state index >= 15 is 0 Å². The van der Waals surface area contributed by atoms with Gasteiger partial charge in [-0.05, 0) is 68.8 Å². The van der Waals surface area contributed by atoms with Crippen molar-refractivity contribution in [1.29, 1.82) is 0 Å². The van der Waals surface area contributed by atoms with Crippen molar-refractivity contribution < 1.29 is 9.53 Å². The third kappa shape index (κ3) is 4.41. The van der Waals surface area contributed by atoms with Crippen molar-refractivity contribution in [1.82, 2.24) is 14.1 Å². The number of fused-ring (bicyclic) bond motifs is 1. The summed E-state index contributed by atoms with van der Waals surface area (Å²) in [6.45, 7) is 5.60. The Kier molecular flexibility index (Phi) is 6.08. The number of aryl methyl sites for hydroxylation is 2. The monoisotopic (exact) mass is 444 g/mol. The van der Waals surface area contributed by atoms with E-state index in [1.54, 1.807) is 61.5 Å². The quantitative estimate of drug-likeness (QED) is 0.493. The van der Waals surface area contributed by atoms with Crippen LogP contribution < -0.4 is 21.3 Å². The van der Waals surface area contributed by atoms with Crippen LogP contribution in [0.5, 0.6) is 5.75 Å². The van der Waals surface area contributed by atoms with Crippen molar-refractivity contribution in [3.05, 3.63) is 92.8 Å². The van der Waals surface area contributed by atoms with Crippen LogP contribution in [-0.2, 0) is 11.3 Å². The Labute approximate surface area is 190 Å². The molecule has 0 aliphatic carbocycles. The molecular weight excluding hydrogens is 420 g/mol. The van der Waals surface area contributed by atoms with E-state index in [-0.39, 0.29) is 5.65 Å². The van der Waals surface area contributed by atoms with Crippen molar-refractivity contribution in [3.63, 3.8) is 0 Å². The summed E-state index contributed by atoms with van der Waals surface area (Å²) in [5.74, 6) is 0.195. The molecule has 0 atom stereocenters. The number of ether oxygens (including phenoxy) is 1. The summed E-state index contributed by atoms with van der Waals surface area (Å²) < 4.78 is 7.72. The Bertz CT molecular complexity index is 1440. The first-order valence-electron chi connectivity index (χ1n) is 10.6. The number of benzene rings is 2. The molecule has 4 rings (SSSR count). The van der Waals surface area contributed by atoms with E-state index in [9.17, 15) is 14.4 Å². The molecule has 1 N–H and O–H groups in total. The summed E-state index contributed by atoms with van der Waals surface area (Å²) in [7, 11) is 0. The molecule has 2 aromatic heterocycles. The second kappa shape index (κ2) is 9.12. The van der Waals surface area contributed by atoms with E-state index < -0.39 is 23.7 Å². The molecule has 0 aliphatic heterocycles. The first-order valence-corrected chi connectivity index (χ1v) is 10.6. The fraction of sp³-hybridized carbons (Fsp3) is 0.200. The van der Waals surface area contributed by atoms with Gasteiger partial charge in [-0.1, -0.05) is 18.2 Å². The molecule has 0 aliphatic rings. The molecule has 4 aromatic rings. The van der Waals surface area contributed by atoms with Crippen molar-refractivity contribution in [2.75, 3.05) is 11.9 Å². The molecule has 0 bridgehead atoms. The lowest BCUT2D eigenvalue weighted by atomic mass is 10.1. The molecule has 33 heavy (non-hydrogen) atoms. The van der Waals surface area contributed by atoms with Gasteiger partial charge in [0.15, 0.2) is 5.65 Å². The number of para-hydroxylation sites is 1. The van der Waals surface area contributed by atoms with Gasteiger partial charge < -0.3 is 10.1 Å². The Morgan fingerprint density at radius 3 is 2.39 bits per heavy atom. The highest BCUT2D eigenvalue weighted by Crippen LogP contribution is 2.17. The van der Waals surface area contributed by atoms with E-state index in [0.717, 1.165) is 4.57 Å². The molecule has 2 aromatic carbocycles. The van der Waals surface area contributed by atoms with Gasteiger partial charge in [-0.25, -0.2) is 18.9 Å². The maximum atomic E-state index is 13.4. The van der Waals surface area contributed by atoms with Gasteiger partial charge in [0.2, 0.25) is 5.91 Å². The average Bonchev–Trinajstić information content (AvgIpc) is 2.78. The Hall–Kier alpha value is -4.20. The summed E-state index contributed by atoms with van der Waals surface area (Å²) in [5, 5.41) is 3.03. The standard InChI is InChI=1S/C25H24N4O4/c1-4-33-20-12-10-18(11-13-20)27-21(30)15-28-24(31)22-16(2)14-17(3)26-23(22)29(25(28)32)19-8-6-5-7-9-19/h5-14H,4,15H2,1-3H3,(H,27,30). The van der Waals surface area contributed by atoms with Crippen LogP contribution in [0.15, 0.2) is 70.3 Å². The molecule has 0 radical (unpaired) electrons. The first kappa shape index (κ1) is 22.0. The van der Waals surface area contributed by atoms with Crippen LogP contribution in [0.25, 0.3) is 16.7 Å². The smallest absolute Gasteiger partial charge is 0.337 e. The maximum Gasteiger partial charge on any atom is 0.337 e. The summed E-state index contributed by atoms with van der Waals surface area (Å²) >= 11 is 0. The number of hydrogen-bond donors (Lipinski definition) is 1. The molecule has 8 heteroatoms. The molecule has 0 fully saturated rings. The van der Waals surface area contributed by atoms with E-state index in [1.165, 1.54) is 4.57 Å². The summed E-state index contributed by atoms with van der Waals surface area (Å²) in [4.78, 5) is 43.9. The zero-order valence-electron chi connectivity index (χ0n) is 18.7. The molecule has 0 unspecified atom stereocenters. The Morgan fingerprint density at radius 2 is 1.73 bits per heavy atom. The second-order valence-corrected chi connectivity index (χ2v) is 7.63. The van der Waals surface area contributed by atoms with Gasteiger partial charge in [-0.3, -0.25) is 9.59 Å². The fourth-order valence-corrected chi connectivity index (χ4v) is 3.77. The highest BCUT2D eigenvalue weighted by Gasteiger charge is 2.19. The van der Waals surface area contributed by atoms with E-state index in [1.807, 2.05) is 19.9 Å². The molecule has 0 saturated carbocycles. The molecule has 168 valence electrons. The minimum absolute atomic E-state index is 0.275. The number of aromatic nitrogens is 3. The number of rotatable bonds is 6. The van der Waals surface area contributed by atoms with Crippen LogP contribution in [0.2, 0.25) is 0 Å². The summed E-state index contributed by atoms with van der Waals surface area (Å²) in [6, 6.07) is 17.6. The predicted octanol–water partition coefficient (Wildman–Crippen LogP) is 3.20. The summed E-state index contributed by atoms with van der Waals surface area (Å²) in [6.07, 6.45) is 0. The van der Waals surface area contributed by atoms with Gasteiger partial charge in [-0.15, -0.1) is 0 Å². The van der Waals surface area contributed by atoms with Crippen LogP contribution in [-0.4, -0.2) is 26.6 Å². The molecular formula is C25H24N4O4. The van der Waals surface area contributed by atoms with Gasteiger partial charge in [0, 0.05) is 11.4 Å². The minimum Gasteiger partial charge on any atom is -0.494 e. The maximum absolute atomic E-state index is 13.4. The molecule has 0 spiro atoms. The topological polar surface area (TPSA) is 95.2 Å². The lowest BCUT2D eigenvalue weighted by molar-refractivity contribution is -0.116. The van der Waals surface area contributed by atoms with Crippen molar-refractivity contribution in [2.24, 2.45) is 0 Å². The fourth-order valence-electron chi connectivity index (χ4n) is 3.77. The number of pyridine rings is 1. The van der Waals surface area contributed by atoms with Gasteiger partial charge in [-0.2, -0.15) is 0 Å². The second-order valence-electron chi connectivity index (χ2n) is 7.63. The van der Waals surface area contributed by atoms with Gasteiger partial charge >= 0.3 is 5.69 Å². The summed E-state index contributed by atoms with van der Waals surface area (Å²) in [5.41, 5.74) is 1.58. The number of nitrogens with zero attached hydrogens (tertiary/aromatic N) is 3. The number of nitrogens with one attached hydrogen (secondary N) is 1. The predicted molar refractivity (Wildman–Crippen MR) is 127 cm³/mol. The molecule has 1 amide bonds. The Morgan fingerprint density at radius 1 is 1.03 bits per heavy atom. The van der Waals surface area contributed by atoms with Crippen LogP contribution in [0.3, 0.4) is 0 Å². The van der Waals surface area contributed by atoms with E-state index in [2.05, 4.69) is 10.3 Å². The van der Waals surface area contributed by atoms with Gasteiger partial charge in [0.05, 0.1) is 17.7 Å². The number of carbonyl (C=O) groups excluding carboxylic acids is 1. The lowest BCUT2D eigenvalue weighted by Gasteiger charge is -2.15. The zero-order chi connectivity index (χ0) is 23.5. The third-order valence-electron chi connectivity index (χ3n) is 5.18. The third-order valence-corrected chi connectivity index (χ3v) is 5.18. The van der Waals surface area contributed by atoms with Crippen molar-refractivity contribution in [2.45, 2.75) is 27.3 Å². The van der Waals surface area contributed by atoms with Crippen molar-refractivity contribution >= 4 is 22.6 Å². The number of anilines is 1. The largest absolute Gasteiger partial charge is 0.494 e. The van der Waals surface area contributed by atoms with Gasteiger partial charge in [0.25, 0.3) is 5.56 Å². The highest BCUT2D eigenvalue weighted by molar-refractivity contribution is 5.91. The zero-order valence-corrected chi connectivity index (χ0v) is 18.7. The highest BCUT2D eigenvalue weighted by atomic mass is 16.5. The van der Waals surface area contributed by atoms with Crippen molar-refractivity contribution in [3.8, 4) is 11.4 Å². The van der Waals surface area contributed by atoms with Gasteiger partial charge in [0.1, 0.15) is 12.3 Å². The first-order chi connectivity index (χ1) is 15.9. The SMILES string of the molecule is CCOc1ccc(NC(=O)Cn2c(=O)c3c(C)cc(C)nc3n(-c3ccccc3)c2=O)cc1. The molecule has 2 heterocycles. The number of amides is 1. The van der Waals surface area contributed by atoms with Crippen LogP contribution in [0.1, 0.15) is 18.2 Å². The molecule has 8 nitrogen and oxygen atoms in total. The number of carbonyl (C=O) groups is 1.